The predicted molar refractivity (Wildman–Crippen MR) is 125 cm³/mol. The number of hydrogen-bond donors (Lipinski definition) is 0. The number of esters is 1. The fourth-order valence-corrected chi connectivity index (χ4v) is 7.77. The van der Waals surface area contributed by atoms with Crippen molar-refractivity contribution < 1.29 is 14.3 Å². The summed E-state index contributed by atoms with van der Waals surface area (Å²) in [6.45, 7) is 4.67. The van der Waals surface area contributed by atoms with Crippen LogP contribution in [0.3, 0.4) is 0 Å². The van der Waals surface area contributed by atoms with E-state index in [0.717, 1.165) is 50.4 Å². The van der Waals surface area contributed by atoms with Gasteiger partial charge in [0.25, 0.3) is 0 Å². The molecule has 4 aliphatic rings. The third-order valence-corrected chi connectivity index (χ3v) is 9.47. The summed E-state index contributed by atoms with van der Waals surface area (Å²) in [7, 11) is 0. The first kappa shape index (κ1) is 23.1. The Labute approximate surface area is 189 Å². The standard InChI is InChI=1S/C28H44O3/c1-3-4-5-6-7-8-9-10-27(30)31-26-16-15-25-24-13-11-20-19-21(29)12-14-22(20)23(24)17-18-28(25,26)2/h19,22-26H,3-18H2,1-2H3/t22-,23+,24+,25+,26+,28-/m0/s1. The van der Waals surface area contributed by atoms with Gasteiger partial charge in [0.05, 0.1) is 0 Å². The molecule has 3 fully saturated rings. The van der Waals surface area contributed by atoms with Gasteiger partial charge in [-0.1, -0.05) is 57.9 Å². The summed E-state index contributed by atoms with van der Waals surface area (Å²) in [6, 6.07) is 0. The molecular formula is C28H44O3. The van der Waals surface area contributed by atoms with E-state index in [0.29, 0.717) is 24.0 Å². The zero-order valence-electron chi connectivity index (χ0n) is 20.0. The van der Waals surface area contributed by atoms with E-state index in [9.17, 15) is 9.59 Å². The first-order chi connectivity index (χ1) is 15.0. The number of carbonyl (C=O) groups is 2. The number of ether oxygens (including phenoxy) is 1. The van der Waals surface area contributed by atoms with Gasteiger partial charge in [-0.3, -0.25) is 9.59 Å². The number of ketones is 1. The summed E-state index contributed by atoms with van der Waals surface area (Å²) in [4.78, 5) is 24.5. The zero-order chi connectivity index (χ0) is 21.8. The molecule has 0 radical (unpaired) electrons. The van der Waals surface area contributed by atoms with Crippen molar-refractivity contribution in [3.05, 3.63) is 11.6 Å². The third-order valence-electron chi connectivity index (χ3n) is 9.47. The van der Waals surface area contributed by atoms with Crippen molar-refractivity contribution in [2.45, 2.75) is 123 Å². The van der Waals surface area contributed by atoms with Crippen LogP contribution < -0.4 is 0 Å². The zero-order valence-corrected chi connectivity index (χ0v) is 20.0. The molecule has 0 unspecified atom stereocenters. The molecule has 174 valence electrons. The number of hydrogen-bond acceptors (Lipinski definition) is 3. The Balaban J connectivity index is 1.27. The highest BCUT2D eigenvalue weighted by Crippen LogP contribution is 2.62. The molecule has 0 bridgehead atoms. The Kier molecular flexibility index (Phi) is 7.60. The van der Waals surface area contributed by atoms with Crippen molar-refractivity contribution in [2.75, 3.05) is 0 Å². The van der Waals surface area contributed by atoms with E-state index in [1.165, 1.54) is 63.4 Å². The van der Waals surface area contributed by atoms with E-state index in [4.69, 9.17) is 4.74 Å². The normalized spacial score (nSPS) is 36.9. The van der Waals surface area contributed by atoms with Crippen LogP contribution in [0.2, 0.25) is 0 Å². The smallest absolute Gasteiger partial charge is 0.306 e. The van der Waals surface area contributed by atoms with E-state index in [-0.39, 0.29) is 17.5 Å². The highest BCUT2D eigenvalue weighted by Gasteiger charge is 2.57. The first-order valence-corrected chi connectivity index (χ1v) is 13.5. The van der Waals surface area contributed by atoms with E-state index < -0.39 is 0 Å². The van der Waals surface area contributed by atoms with Crippen molar-refractivity contribution in [1.29, 1.82) is 0 Å². The Bertz CT molecular complexity index is 680. The number of rotatable bonds is 9. The Morgan fingerprint density at radius 1 is 0.968 bits per heavy atom. The molecule has 0 spiro atoms. The molecular weight excluding hydrogens is 384 g/mol. The maximum absolute atomic E-state index is 12.6. The molecule has 0 aromatic rings. The van der Waals surface area contributed by atoms with Crippen LogP contribution in [0.1, 0.15) is 117 Å². The van der Waals surface area contributed by atoms with Gasteiger partial charge < -0.3 is 4.74 Å². The molecule has 0 heterocycles. The molecule has 0 amide bonds. The van der Waals surface area contributed by atoms with Crippen LogP contribution >= 0.6 is 0 Å². The predicted octanol–water partition coefficient (Wildman–Crippen LogP) is 7.18. The average molecular weight is 429 g/mol. The van der Waals surface area contributed by atoms with Crippen molar-refractivity contribution in [3.8, 4) is 0 Å². The molecule has 0 aromatic carbocycles. The van der Waals surface area contributed by atoms with Gasteiger partial charge in [-0.25, -0.2) is 0 Å². The fourth-order valence-electron chi connectivity index (χ4n) is 7.77. The van der Waals surface area contributed by atoms with Gasteiger partial charge in [-0.05, 0) is 81.1 Å². The van der Waals surface area contributed by atoms with Gasteiger partial charge >= 0.3 is 5.97 Å². The molecule has 0 aromatic heterocycles. The topological polar surface area (TPSA) is 43.4 Å². The molecule has 3 saturated carbocycles. The number of allylic oxidation sites excluding steroid dienone is 1. The molecule has 0 aliphatic heterocycles. The summed E-state index contributed by atoms with van der Waals surface area (Å²) in [5.41, 5.74) is 1.62. The maximum atomic E-state index is 12.6. The molecule has 0 saturated heterocycles. The SMILES string of the molecule is CCCCCCCCCC(=O)O[C@@H]1CC[C@@H]2[C@@H]3CCC4=CC(=O)CC[C@@H]4[C@H]3CC[C@@]21C. The lowest BCUT2D eigenvalue weighted by molar-refractivity contribution is -0.159. The quantitative estimate of drug-likeness (QED) is 0.288. The summed E-state index contributed by atoms with van der Waals surface area (Å²) in [5, 5.41) is 0. The van der Waals surface area contributed by atoms with Gasteiger partial charge in [-0.2, -0.15) is 0 Å². The summed E-state index contributed by atoms with van der Waals surface area (Å²) in [5.74, 6) is 3.26. The maximum Gasteiger partial charge on any atom is 0.306 e. The van der Waals surface area contributed by atoms with Gasteiger partial charge in [0.2, 0.25) is 0 Å². The van der Waals surface area contributed by atoms with Crippen molar-refractivity contribution >= 4 is 11.8 Å². The lowest BCUT2D eigenvalue weighted by atomic mass is 9.52. The Hall–Kier alpha value is -1.12. The minimum Gasteiger partial charge on any atom is -0.462 e. The molecule has 3 nitrogen and oxygen atoms in total. The second kappa shape index (κ2) is 10.2. The van der Waals surface area contributed by atoms with Crippen molar-refractivity contribution in [3.63, 3.8) is 0 Å². The van der Waals surface area contributed by atoms with Crippen LogP contribution in [0.4, 0.5) is 0 Å². The van der Waals surface area contributed by atoms with Crippen molar-refractivity contribution in [1.82, 2.24) is 0 Å². The van der Waals surface area contributed by atoms with Gasteiger partial charge in [-0.15, -0.1) is 0 Å². The van der Waals surface area contributed by atoms with Crippen LogP contribution in [0.5, 0.6) is 0 Å². The number of carbonyl (C=O) groups excluding carboxylic acids is 2. The summed E-state index contributed by atoms with van der Waals surface area (Å²) in [6.07, 6.45) is 20.3. The summed E-state index contributed by atoms with van der Waals surface area (Å²) >= 11 is 0. The second-order valence-corrected chi connectivity index (χ2v) is 11.3. The lowest BCUT2D eigenvalue weighted by Gasteiger charge is -2.53. The van der Waals surface area contributed by atoms with Gasteiger partial charge in [0.1, 0.15) is 6.10 Å². The number of fused-ring (bicyclic) bond motifs is 5. The molecule has 4 rings (SSSR count). The number of unbranched alkanes of at least 4 members (excludes halogenated alkanes) is 6. The fraction of sp³-hybridized carbons (Fsp3) is 0.857. The third kappa shape index (κ3) is 4.96. The lowest BCUT2D eigenvalue weighted by Crippen LogP contribution is -2.48. The van der Waals surface area contributed by atoms with E-state index in [1.807, 2.05) is 6.08 Å². The van der Waals surface area contributed by atoms with E-state index >= 15 is 0 Å². The largest absolute Gasteiger partial charge is 0.462 e. The molecule has 4 aliphatic carbocycles. The Morgan fingerprint density at radius 2 is 1.74 bits per heavy atom. The molecule has 6 atom stereocenters. The van der Waals surface area contributed by atoms with Crippen LogP contribution in [0.25, 0.3) is 0 Å². The average Bonchev–Trinajstić information content (AvgIpc) is 3.09. The highest BCUT2D eigenvalue weighted by molar-refractivity contribution is 5.91. The molecule has 31 heavy (non-hydrogen) atoms. The monoisotopic (exact) mass is 428 g/mol. The van der Waals surface area contributed by atoms with Crippen LogP contribution in [0, 0.1) is 29.1 Å². The van der Waals surface area contributed by atoms with Gasteiger partial charge in [0.15, 0.2) is 5.78 Å². The minimum absolute atomic E-state index is 0.0437. The van der Waals surface area contributed by atoms with Gasteiger partial charge in [0, 0.05) is 18.3 Å². The van der Waals surface area contributed by atoms with Crippen LogP contribution in [0.15, 0.2) is 11.6 Å². The van der Waals surface area contributed by atoms with E-state index in [2.05, 4.69) is 13.8 Å². The Morgan fingerprint density at radius 3 is 2.55 bits per heavy atom. The van der Waals surface area contributed by atoms with Crippen molar-refractivity contribution in [2.24, 2.45) is 29.1 Å². The van der Waals surface area contributed by atoms with E-state index in [1.54, 1.807) is 0 Å². The first-order valence-electron chi connectivity index (χ1n) is 13.5. The summed E-state index contributed by atoms with van der Waals surface area (Å²) < 4.78 is 6.13. The second-order valence-electron chi connectivity index (χ2n) is 11.3. The highest BCUT2D eigenvalue weighted by atomic mass is 16.5. The molecule has 0 N–H and O–H groups in total. The van der Waals surface area contributed by atoms with Crippen LogP contribution in [-0.2, 0) is 14.3 Å². The molecule has 3 heteroatoms. The minimum atomic E-state index is 0.0437. The van der Waals surface area contributed by atoms with Crippen LogP contribution in [-0.4, -0.2) is 17.9 Å².